The number of aromatic nitrogens is 2. The molecule has 0 spiro atoms. The molecule has 2 aromatic rings. The summed E-state index contributed by atoms with van der Waals surface area (Å²) in [5.74, 6) is -0.585. The Morgan fingerprint density at radius 1 is 1.33 bits per heavy atom. The number of hydrogen-bond acceptors (Lipinski definition) is 4. The van der Waals surface area contributed by atoms with Gasteiger partial charge in [-0.05, 0) is 6.07 Å². The highest BCUT2D eigenvalue weighted by Crippen LogP contribution is 2.23. The number of halogens is 1. The molecule has 0 saturated heterocycles. The van der Waals surface area contributed by atoms with Crippen molar-refractivity contribution in [2.45, 2.75) is 0 Å². The molecule has 0 aliphatic heterocycles. The molecule has 0 aliphatic carbocycles. The SMILES string of the molecule is COC(=O)c1nnc2ccccc2c1Cl. The second-order valence-corrected chi connectivity index (χ2v) is 3.25. The summed E-state index contributed by atoms with van der Waals surface area (Å²) < 4.78 is 4.54. The van der Waals surface area contributed by atoms with Crippen LogP contribution in [-0.2, 0) is 4.74 Å². The summed E-state index contributed by atoms with van der Waals surface area (Å²) >= 11 is 6.01. The lowest BCUT2D eigenvalue weighted by molar-refractivity contribution is 0.0593. The van der Waals surface area contributed by atoms with Crippen molar-refractivity contribution in [1.29, 1.82) is 0 Å². The minimum absolute atomic E-state index is 0.0397. The van der Waals surface area contributed by atoms with E-state index in [1.165, 1.54) is 7.11 Å². The van der Waals surface area contributed by atoms with Crippen molar-refractivity contribution in [3.8, 4) is 0 Å². The number of fused-ring (bicyclic) bond motifs is 1. The van der Waals surface area contributed by atoms with Gasteiger partial charge in [0.1, 0.15) is 0 Å². The van der Waals surface area contributed by atoms with Crippen LogP contribution in [0.5, 0.6) is 0 Å². The number of methoxy groups -OCH3 is 1. The van der Waals surface area contributed by atoms with Gasteiger partial charge in [0.15, 0.2) is 5.69 Å². The lowest BCUT2D eigenvalue weighted by Gasteiger charge is -2.03. The van der Waals surface area contributed by atoms with Gasteiger partial charge < -0.3 is 4.74 Å². The molecule has 0 amide bonds. The smallest absolute Gasteiger partial charge is 0.360 e. The van der Waals surface area contributed by atoms with Crippen molar-refractivity contribution in [2.75, 3.05) is 7.11 Å². The molecule has 0 aliphatic rings. The summed E-state index contributed by atoms with van der Waals surface area (Å²) in [6.45, 7) is 0. The molecule has 0 unspecified atom stereocenters. The zero-order valence-corrected chi connectivity index (χ0v) is 8.65. The van der Waals surface area contributed by atoms with Gasteiger partial charge in [-0.3, -0.25) is 0 Å². The molecule has 1 aromatic carbocycles. The van der Waals surface area contributed by atoms with Gasteiger partial charge in [-0.15, -0.1) is 10.2 Å². The minimum atomic E-state index is -0.585. The molecule has 2 rings (SSSR count). The molecule has 1 aromatic heterocycles. The number of ether oxygens (including phenoxy) is 1. The van der Waals surface area contributed by atoms with Crippen LogP contribution in [0.25, 0.3) is 10.9 Å². The van der Waals surface area contributed by atoms with Crippen molar-refractivity contribution in [3.05, 3.63) is 35.0 Å². The standard InChI is InChI=1S/C10H7ClN2O2/c1-15-10(14)9-8(11)6-4-2-3-5-7(6)12-13-9/h2-5H,1H3. The molecule has 5 heteroatoms. The Labute approximate surface area is 90.8 Å². The molecule has 1 heterocycles. The largest absolute Gasteiger partial charge is 0.464 e. The van der Waals surface area contributed by atoms with Crippen LogP contribution in [0.15, 0.2) is 24.3 Å². The molecular formula is C10H7ClN2O2. The highest BCUT2D eigenvalue weighted by molar-refractivity contribution is 6.37. The highest BCUT2D eigenvalue weighted by atomic mass is 35.5. The van der Waals surface area contributed by atoms with E-state index in [0.717, 1.165) is 0 Å². The average Bonchev–Trinajstić information content (AvgIpc) is 2.29. The fraction of sp³-hybridized carbons (Fsp3) is 0.100. The van der Waals surface area contributed by atoms with E-state index in [1.54, 1.807) is 12.1 Å². The fourth-order valence-corrected chi connectivity index (χ4v) is 1.52. The fourth-order valence-electron chi connectivity index (χ4n) is 1.25. The van der Waals surface area contributed by atoms with E-state index in [4.69, 9.17) is 11.6 Å². The molecule has 0 radical (unpaired) electrons. The Bertz CT molecular complexity index is 528. The maximum atomic E-state index is 11.3. The summed E-state index contributed by atoms with van der Waals surface area (Å²) in [7, 11) is 1.27. The van der Waals surface area contributed by atoms with E-state index in [2.05, 4.69) is 14.9 Å². The topological polar surface area (TPSA) is 52.1 Å². The van der Waals surface area contributed by atoms with Crippen molar-refractivity contribution in [2.24, 2.45) is 0 Å². The number of carbonyl (C=O) groups is 1. The Balaban J connectivity index is 2.70. The van der Waals surface area contributed by atoms with Crippen molar-refractivity contribution >= 4 is 28.5 Å². The molecule has 0 fully saturated rings. The molecule has 76 valence electrons. The maximum absolute atomic E-state index is 11.3. The molecule has 0 saturated carbocycles. The van der Waals surface area contributed by atoms with E-state index >= 15 is 0 Å². The van der Waals surface area contributed by atoms with E-state index in [9.17, 15) is 4.79 Å². The van der Waals surface area contributed by atoms with E-state index in [-0.39, 0.29) is 10.7 Å². The third-order valence-electron chi connectivity index (χ3n) is 1.98. The van der Waals surface area contributed by atoms with E-state index in [0.29, 0.717) is 10.9 Å². The number of carbonyl (C=O) groups excluding carboxylic acids is 1. The average molecular weight is 223 g/mol. The number of hydrogen-bond donors (Lipinski definition) is 0. The van der Waals surface area contributed by atoms with E-state index in [1.807, 2.05) is 12.1 Å². The Morgan fingerprint density at radius 2 is 2.07 bits per heavy atom. The molecular weight excluding hydrogens is 216 g/mol. The summed E-state index contributed by atoms with van der Waals surface area (Å²) in [6, 6.07) is 7.19. The summed E-state index contributed by atoms with van der Waals surface area (Å²) in [6.07, 6.45) is 0. The second kappa shape index (κ2) is 3.82. The Kier molecular flexibility index (Phi) is 2.51. The van der Waals surface area contributed by atoms with Gasteiger partial charge in [-0.2, -0.15) is 0 Å². The van der Waals surface area contributed by atoms with Crippen LogP contribution in [0.1, 0.15) is 10.5 Å². The second-order valence-electron chi connectivity index (χ2n) is 2.87. The first kappa shape index (κ1) is 9.86. The predicted molar refractivity (Wildman–Crippen MR) is 55.9 cm³/mol. The maximum Gasteiger partial charge on any atom is 0.360 e. The summed E-state index contributed by atoms with van der Waals surface area (Å²) in [5, 5.41) is 8.56. The first-order valence-electron chi connectivity index (χ1n) is 4.23. The number of benzene rings is 1. The van der Waals surface area contributed by atoms with Crippen LogP contribution < -0.4 is 0 Å². The monoisotopic (exact) mass is 222 g/mol. The van der Waals surface area contributed by atoms with Crippen molar-refractivity contribution in [3.63, 3.8) is 0 Å². The molecule has 15 heavy (non-hydrogen) atoms. The van der Waals surface area contributed by atoms with Crippen LogP contribution in [-0.4, -0.2) is 23.3 Å². The van der Waals surface area contributed by atoms with Crippen LogP contribution in [0.4, 0.5) is 0 Å². The zero-order valence-electron chi connectivity index (χ0n) is 7.90. The van der Waals surface area contributed by atoms with Gasteiger partial charge in [-0.1, -0.05) is 29.8 Å². The summed E-state index contributed by atoms with van der Waals surface area (Å²) in [5.41, 5.74) is 0.688. The third kappa shape index (κ3) is 1.64. The van der Waals surface area contributed by atoms with Crippen molar-refractivity contribution < 1.29 is 9.53 Å². The van der Waals surface area contributed by atoms with Gasteiger partial charge in [0.05, 0.1) is 17.6 Å². The van der Waals surface area contributed by atoms with Gasteiger partial charge in [-0.25, -0.2) is 4.79 Å². The molecule has 4 nitrogen and oxygen atoms in total. The Hall–Kier alpha value is -1.68. The number of rotatable bonds is 1. The van der Waals surface area contributed by atoms with Gasteiger partial charge >= 0.3 is 5.97 Å². The van der Waals surface area contributed by atoms with Crippen LogP contribution >= 0.6 is 11.6 Å². The minimum Gasteiger partial charge on any atom is -0.464 e. The van der Waals surface area contributed by atoms with Crippen LogP contribution in [0.3, 0.4) is 0 Å². The molecule has 0 atom stereocenters. The van der Waals surface area contributed by atoms with E-state index < -0.39 is 5.97 Å². The molecule has 0 N–H and O–H groups in total. The normalized spacial score (nSPS) is 10.3. The predicted octanol–water partition coefficient (Wildman–Crippen LogP) is 2.07. The number of nitrogens with zero attached hydrogens (tertiary/aromatic N) is 2. The highest BCUT2D eigenvalue weighted by Gasteiger charge is 2.15. The quantitative estimate of drug-likeness (QED) is 0.693. The molecule has 0 bridgehead atoms. The zero-order chi connectivity index (χ0) is 10.8. The first-order valence-corrected chi connectivity index (χ1v) is 4.61. The lowest BCUT2D eigenvalue weighted by Crippen LogP contribution is -2.06. The number of esters is 1. The first-order chi connectivity index (χ1) is 7.24. The third-order valence-corrected chi connectivity index (χ3v) is 2.37. The van der Waals surface area contributed by atoms with Gasteiger partial charge in [0, 0.05) is 5.39 Å². The van der Waals surface area contributed by atoms with Crippen LogP contribution in [0, 0.1) is 0 Å². The lowest BCUT2D eigenvalue weighted by atomic mass is 10.2. The summed E-state index contributed by atoms with van der Waals surface area (Å²) in [4.78, 5) is 11.3. The van der Waals surface area contributed by atoms with Crippen molar-refractivity contribution in [1.82, 2.24) is 10.2 Å². The Morgan fingerprint density at radius 3 is 2.80 bits per heavy atom. The van der Waals surface area contributed by atoms with Gasteiger partial charge in [0.25, 0.3) is 0 Å². The van der Waals surface area contributed by atoms with Gasteiger partial charge in [0.2, 0.25) is 0 Å². The van der Waals surface area contributed by atoms with Crippen LogP contribution in [0.2, 0.25) is 5.02 Å².